The Morgan fingerprint density at radius 1 is 1.00 bits per heavy atom. The molecule has 0 atom stereocenters. The molecule has 138 valence electrons. The summed E-state index contributed by atoms with van der Waals surface area (Å²) < 4.78 is 0. The maximum absolute atomic E-state index is 12.7. The molecule has 1 fully saturated rings. The number of nitrogens with zero attached hydrogens (tertiary/aromatic N) is 4. The number of amides is 1. The number of thioether (sulfide) groups is 1. The highest BCUT2D eigenvalue weighted by atomic mass is 35.5. The van der Waals surface area contributed by atoms with Crippen LogP contribution in [0.1, 0.15) is 0 Å². The first-order valence-corrected chi connectivity index (χ1v) is 10.2. The van der Waals surface area contributed by atoms with Crippen molar-refractivity contribution in [2.75, 3.05) is 36.8 Å². The Morgan fingerprint density at radius 2 is 1.70 bits per heavy atom. The van der Waals surface area contributed by atoms with Gasteiger partial charge in [0.2, 0.25) is 11.9 Å². The van der Waals surface area contributed by atoms with Gasteiger partial charge in [0.25, 0.3) is 0 Å². The minimum absolute atomic E-state index is 0.151. The van der Waals surface area contributed by atoms with Crippen molar-refractivity contribution in [1.29, 1.82) is 0 Å². The Balaban J connectivity index is 1.37. The number of carbonyl (C=O) groups excluding carboxylic acids is 1. The quantitative estimate of drug-likeness (QED) is 0.627. The monoisotopic (exact) mass is 398 g/mol. The molecule has 2 aromatic carbocycles. The molecular formula is C20H19ClN4OS. The number of rotatable bonds is 4. The first-order chi connectivity index (χ1) is 13.2. The molecule has 5 nitrogen and oxygen atoms in total. The van der Waals surface area contributed by atoms with E-state index in [1.54, 1.807) is 30.2 Å². The molecule has 0 saturated carbocycles. The largest absolute Gasteiger partial charge is 0.338 e. The molecule has 4 rings (SSSR count). The van der Waals surface area contributed by atoms with E-state index in [4.69, 9.17) is 11.6 Å². The molecule has 0 bridgehead atoms. The van der Waals surface area contributed by atoms with E-state index >= 15 is 0 Å². The summed E-state index contributed by atoms with van der Waals surface area (Å²) in [7, 11) is 0. The lowest BCUT2D eigenvalue weighted by atomic mass is 10.1. The van der Waals surface area contributed by atoms with Crippen molar-refractivity contribution in [2.24, 2.45) is 0 Å². The van der Waals surface area contributed by atoms with Gasteiger partial charge in [-0.3, -0.25) is 4.79 Å². The van der Waals surface area contributed by atoms with Crippen LogP contribution in [0, 0.1) is 0 Å². The van der Waals surface area contributed by atoms with E-state index in [2.05, 4.69) is 14.9 Å². The van der Waals surface area contributed by atoms with Gasteiger partial charge >= 0.3 is 0 Å². The van der Waals surface area contributed by atoms with Gasteiger partial charge in [-0.1, -0.05) is 35.9 Å². The van der Waals surface area contributed by atoms with Gasteiger partial charge in [0.05, 0.1) is 5.75 Å². The van der Waals surface area contributed by atoms with Gasteiger partial charge in [-0.25, -0.2) is 9.97 Å². The highest BCUT2D eigenvalue weighted by molar-refractivity contribution is 8.00. The summed E-state index contributed by atoms with van der Waals surface area (Å²) in [5, 5.41) is 2.83. The number of fused-ring (bicyclic) bond motifs is 1. The van der Waals surface area contributed by atoms with Crippen molar-refractivity contribution in [3.63, 3.8) is 0 Å². The number of piperazine rings is 1. The first kappa shape index (κ1) is 18.1. The first-order valence-electron chi connectivity index (χ1n) is 8.82. The third-order valence-electron chi connectivity index (χ3n) is 4.63. The van der Waals surface area contributed by atoms with E-state index in [0.29, 0.717) is 18.8 Å². The minimum atomic E-state index is 0.151. The van der Waals surface area contributed by atoms with Crippen LogP contribution in [0.15, 0.2) is 59.8 Å². The van der Waals surface area contributed by atoms with Crippen molar-refractivity contribution in [3.05, 3.63) is 59.9 Å². The van der Waals surface area contributed by atoms with Crippen molar-refractivity contribution in [2.45, 2.75) is 4.90 Å². The van der Waals surface area contributed by atoms with Crippen molar-refractivity contribution >= 4 is 46.0 Å². The molecule has 0 radical (unpaired) electrons. The lowest BCUT2D eigenvalue weighted by Gasteiger charge is -2.34. The van der Waals surface area contributed by atoms with Gasteiger partial charge in [0.15, 0.2) is 0 Å². The predicted octanol–water partition coefficient (Wildman–Crippen LogP) is 3.72. The maximum atomic E-state index is 12.7. The molecule has 0 aliphatic carbocycles. The molecule has 3 aromatic rings. The predicted molar refractivity (Wildman–Crippen MR) is 111 cm³/mol. The SMILES string of the molecule is O=C(CSc1cccc2cccc(Cl)c12)N1CCN(c2ncccn2)CC1. The van der Waals surface area contributed by atoms with Crippen LogP contribution >= 0.6 is 23.4 Å². The fourth-order valence-corrected chi connectivity index (χ4v) is 4.57. The average Bonchev–Trinajstić information content (AvgIpc) is 2.73. The third-order valence-corrected chi connectivity index (χ3v) is 5.99. The van der Waals surface area contributed by atoms with Gasteiger partial charge < -0.3 is 9.80 Å². The van der Waals surface area contributed by atoms with Gasteiger partial charge in [-0.05, 0) is 23.6 Å². The van der Waals surface area contributed by atoms with Gasteiger partial charge in [-0.2, -0.15) is 0 Å². The Hall–Kier alpha value is -2.31. The fourth-order valence-electron chi connectivity index (χ4n) is 3.22. The second-order valence-electron chi connectivity index (χ2n) is 6.30. The zero-order valence-corrected chi connectivity index (χ0v) is 16.3. The number of hydrogen-bond acceptors (Lipinski definition) is 5. The summed E-state index contributed by atoms with van der Waals surface area (Å²) in [6.07, 6.45) is 3.48. The smallest absolute Gasteiger partial charge is 0.233 e. The number of hydrogen-bond donors (Lipinski definition) is 0. The topological polar surface area (TPSA) is 49.3 Å². The van der Waals surface area contributed by atoms with Crippen LogP contribution in [-0.2, 0) is 4.79 Å². The molecule has 0 N–H and O–H groups in total. The number of anilines is 1. The second kappa shape index (κ2) is 8.15. The molecule has 27 heavy (non-hydrogen) atoms. The van der Waals surface area contributed by atoms with Gasteiger partial charge in [0.1, 0.15) is 0 Å². The molecule has 0 unspecified atom stereocenters. The van der Waals surface area contributed by atoms with E-state index < -0.39 is 0 Å². The Labute approximate surface area is 167 Å². The number of aromatic nitrogens is 2. The maximum Gasteiger partial charge on any atom is 0.233 e. The van der Waals surface area contributed by atoms with E-state index in [-0.39, 0.29) is 5.91 Å². The average molecular weight is 399 g/mol. The molecular weight excluding hydrogens is 380 g/mol. The fraction of sp³-hybridized carbons (Fsp3) is 0.250. The molecule has 1 aliphatic rings. The summed E-state index contributed by atoms with van der Waals surface area (Å²) >= 11 is 7.92. The highest BCUT2D eigenvalue weighted by Gasteiger charge is 2.22. The third kappa shape index (κ3) is 4.01. The molecule has 1 saturated heterocycles. The summed E-state index contributed by atoms with van der Waals surface area (Å²) in [6.45, 7) is 2.88. The highest BCUT2D eigenvalue weighted by Crippen LogP contribution is 2.33. The Bertz CT molecular complexity index is 940. The van der Waals surface area contributed by atoms with Crippen LogP contribution in [0.5, 0.6) is 0 Å². The van der Waals surface area contributed by atoms with Crippen LogP contribution in [0.2, 0.25) is 5.02 Å². The van der Waals surface area contributed by atoms with E-state index in [1.807, 2.05) is 41.3 Å². The molecule has 7 heteroatoms. The van der Waals surface area contributed by atoms with Gasteiger partial charge in [-0.15, -0.1) is 11.8 Å². The molecule has 0 spiro atoms. The van der Waals surface area contributed by atoms with Crippen LogP contribution in [0.4, 0.5) is 5.95 Å². The number of halogens is 1. The summed E-state index contributed by atoms with van der Waals surface area (Å²) in [5.41, 5.74) is 0. The Morgan fingerprint density at radius 3 is 2.44 bits per heavy atom. The minimum Gasteiger partial charge on any atom is -0.338 e. The van der Waals surface area contributed by atoms with E-state index in [1.165, 1.54) is 0 Å². The molecule has 2 heterocycles. The lowest BCUT2D eigenvalue weighted by molar-refractivity contribution is -0.128. The Kier molecular flexibility index (Phi) is 5.45. The van der Waals surface area contributed by atoms with Crippen LogP contribution in [-0.4, -0.2) is 52.7 Å². The van der Waals surface area contributed by atoms with E-state index in [0.717, 1.165) is 39.7 Å². The number of carbonyl (C=O) groups is 1. The van der Waals surface area contributed by atoms with Crippen LogP contribution in [0.3, 0.4) is 0 Å². The van der Waals surface area contributed by atoms with Crippen LogP contribution < -0.4 is 4.90 Å². The zero-order valence-electron chi connectivity index (χ0n) is 14.7. The van der Waals surface area contributed by atoms with E-state index in [9.17, 15) is 4.79 Å². The van der Waals surface area contributed by atoms with Crippen molar-refractivity contribution in [3.8, 4) is 0 Å². The second-order valence-corrected chi connectivity index (χ2v) is 7.72. The molecule has 1 aromatic heterocycles. The van der Waals surface area contributed by atoms with Crippen LogP contribution in [0.25, 0.3) is 10.8 Å². The molecule has 1 amide bonds. The lowest BCUT2D eigenvalue weighted by Crippen LogP contribution is -2.49. The van der Waals surface area contributed by atoms with Crippen molar-refractivity contribution < 1.29 is 4.79 Å². The number of benzene rings is 2. The zero-order chi connectivity index (χ0) is 18.6. The van der Waals surface area contributed by atoms with Gasteiger partial charge in [0, 0.05) is 53.9 Å². The molecule has 1 aliphatic heterocycles. The normalized spacial score (nSPS) is 14.6. The summed E-state index contributed by atoms with van der Waals surface area (Å²) in [4.78, 5) is 26.3. The standard InChI is InChI=1S/C20H19ClN4OS/c21-16-6-1-4-15-5-2-7-17(19(15)16)27-14-18(26)24-10-12-25(13-11-24)20-22-8-3-9-23-20/h1-9H,10-14H2. The summed E-state index contributed by atoms with van der Waals surface area (Å²) in [6, 6.07) is 13.7. The van der Waals surface area contributed by atoms with Crippen molar-refractivity contribution in [1.82, 2.24) is 14.9 Å². The summed E-state index contributed by atoms with van der Waals surface area (Å²) in [5.74, 6) is 1.29.